The molecule has 0 aromatic carbocycles. The number of carbonyl (C=O) groups is 1. The molecule has 0 spiro atoms. The molecule has 1 aromatic heterocycles. The van der Waals surface area contributed by atoms with Gasteiger partial charge >= 0.3 is 0 Å². The second-order valence-electron chi connectivity index (χ2n) is 5.16. The van der Waals surface area contributed by atoms with E-state index in [4.69, 9.17) is 10.3 Å². The summed E-state index contributed by atoms with van der Waals surface area (Å²) >= 11 is 0. The van der Waals surface area contributed by atoms with E-state index in [1.54, 1.807) is 0 Å². The Balaban J connectivity index is 1.93. The molecule has 18 heavy (non-hydrogen) atoms. The van der Waals surface area contributed by atoms with Gasteiger partial charge in [0.25, 0.3) is 0 Å². The van der Waals surface area contributed by atoms with Crippen LogP contribution >= 0.6 is 0 Å². The molecule has 3 N–H and O–H groups in total. The van der Waals surface area contributed by atoms with Crippen molar-refractivity contribution in [2.24, 2.45) is 11.1 Å². The zero-order valence-electron chi connectivity index (χ0n) is 10.9. The van der Waals surface area contributed by atoms with E-state index in [-0.39, 0.29) is 11.3 Å². The van der Waals surface area contributed by atoms with Gasteiger partial charge in [0.05, 0.1) is 12.0 Å². The third-order valence-electron chi connectivity index (χ3n) is 3.79. The highest BCUT2D eigenvalue weighted by molar-refractivity contribution is 5.82. The van der Waals surface area contributed by atoms with Crippen molar-refractivity contribution in [2.75, 3.05) is 6.54 Å². The number of nitrogens with two attached hydrogens (primary N) is 1. The molecule has 0 radical (unpaired) electrons. The second-order valence-corrected chi connectivity index (χ2v) is 5.16. The third-order valence-corrected chi connectivity index (χ3v) is 3.79. The first-order valence-corrected chi connectivity index (χ1v) is 6.57. The number of amides is 1. The molecule has 0 atom stereocenters. The van der Waals surface area contributed by atoms with Gasteiger partial charge in [0.1, 0.15) is 11.5 Å². The summed E-state index contributed by atoms with van der Waals surface area (Å²) < 4.78 is 4.97. The molecule has 0 unspecified atom stereocenters. The minimum Gasteiger partial charge on any atom is -0.361 e. The number of aromatic nitrogens is 1. The molecule has 2 rings (SSSR count). The Kier molecular flexibility index (Phi) is 4.01. The van der Waals surface area contributed by atoms with Gasteiger partial charge in [-0.2, -0.15) is 0 Å². The average molecular weight is 251 g/mol. The van der Waals surface area contributed by atoms with Gasteiger partial charge in [-0.25, -0.2) is 0 Å². The van der Waals surface area contributed by atoms with Crippen molar-refractivity contribution in [3.8, 4) is 0 Å². The lowest BCUT2D eigenvalue weighted by atomic mass is 9.73. The average Bonchev–Trinajstić information content (AvgIpc) is 2.82. The second kappa shape index (κ2) is 5.52. The smallest absolute Gasteiger partial charge is 0.227 e. The van der Waals surface area contributed by atoms with Gasteiger partial charge in [0.2, 0.25) is 5.91 Å². The maximum Gasteiger partial charge on any atom is 0.227 e. The number of aryl methyl sites for hydroxylation is 1. The Morgan fingerprint density at radius 1 is 1.50 bits per heavy atom. The summed E-state index contributed by atoms with van der Waals surface area (Å²) in [5.41, 5.74) is 6.21. The Morgan fingerprint density at radius 2 is 2.22 bits per heavy atom. The zero-order valence-corrected chi connectivity index (χ0v) is 10.9. The van der Waals surface area contributed by atoms with E-state index in [0.717, 1.165) is 37.1 Å². The van der Waals surface area contributed by atoms with Crippen molar-refractivity contribution < 1.29 is 9.32 Å². The summed E-state index contributed by atoms with van der Waals surface area (Å²) in [6, 6.07) is 1.83. The summed E-state index contributed by atoms with van der Waals surface area (Å²) in [6.07, 6.45) is 5.18. The van der Waals surface area contributed by atoms with E-state index in [0.29, 0.717) is 13.1 Å². The van der Waals surface area contributed by atoms with Crippen molar-refractivity contribution in [3.63, 3.8) is 0 Å². The van der Waals surface area contributed by atoms with Crippen molar-refractivity contribution in [1.29, 1.82) is 0 Å². The Morgan fingerprint density at radius 3 is 2.78 bits per heavy atom. The Hall–Kier alpha value is -1.36. The van der Waals surface area contributed by atoms with Crippen LogP contribution in [0.3, 0.4) is 0 Å². The molecule has 1 heterocycles. The molecule has 5 nitrogen and oxygen atoms in total. The molecule has 5 heteroatoms. The van der Waals surface area contributed by atoms with Crippen molar-refractivity contribution in [1.82, 2.24) is 10.5 Å². The summed E-state index contributed by atoms with van der Waals surface area (Å²) in [6.45, 7) is 2.68. The van der Waals surface area contributed by atoms with Gasteiger partial charge in [-0.05, 0) is 19.8 Å². The fourth-order valence-electron chi connectivity index (χ4n) is 2.61. The number of carbonyl (C=O) groups excluding carboxylic acids is 1. The van der Waals surface area contributed by atoms with E-state index >= 15 is 0 Å². The van der Waals surface area contributed by atoms with Gasteiger partial charge in [-0.1, -0.05) is 24.4 Å². The topological polar surface area (TPSA) is 81.2 Å². The molecule has 1 amide bonds. The van der Waals surface area contributed by atoms with E-state index in [1.165, 1.54) is 6.42 Å². The third kappa shape index (κ3) is 2.72. The fraction of sp³-hybridized carbons (Fsp3) is 0.692. The van der Waals surface area contributed by atoms with Crippen LogP contribution in [0.1, 0.15) is 43.6 Å². The quantitative estimate of drug-likeness (QED) is 0.850. The molecule has 1 saturated carbocycles. The minimum atomic E-state index is -0.364. The molecule has 0 saturated heterocycles. The molecule has 1 aliphatic rings. The predicted molar refractivity (Wildman–Crippen MR) is 67.7 cm³/mol. The number of hydrogen-bond acceptors (Lipinski definition) is 4. The monoisotopic (exact) mass is 251 g/mol. The first-order valence-electron chi connectivity index (χ1n) is 6.57. The van der Waals surface area contributed by atoms with Crippen LogP contribution in [0.4, 0.5) is 0 Å². The van der Waals surface area contributed by atoms with E-state index in [9.17, 15) is 4.79 Å². The van der Waals surface area contributed by atoms with Gasteiger partial charge in [-0.15, -0.1) is 0 Å². The number of nitrogens with zero attached hydrogens (tertiary/aromatic N) is 1. The van der Waals surface area contributed by atoms with Crippen LogP contribution in [-0.2, 0) is 11.3 Å². The van der Waals surface area contributed by atoms with Crippen LogP contribution in [0, 0.1) is 12.3 Å². The van der Waals surface area contributed by atoms with Crippen LogP contribution < -0.4 is 11.1 Å². The Labute approximate surface area is 107 Å². The molecule has 1 aliphatic carbocycles. The van der Waals surface area contributed by atoms with Crippen molar-refractivity contribution in [3.05, 3.63) is 17.5 Å². The van der Waals surface area contributed by atoms with E-state index in [2.05, 4.69) is 10.5 Å². The molecule has 100 valence electrons. The fourth-order valence-corrected chi connectivity index (χ4v) is 2.61. The van der Waals surface area contributed by atoms with Gasteiger partial charge in [0, 0.05) is 12.6 Å². The summed E-state index contributed by atoms with van der Waals surface area (Å²) in [4.78, 5) is 12.3. The highest BCUT2D eigenvalue weighted by Gasteiger charge is 2.37. The molecule has 0 bridgehead atoms. The lowest BCUT2D eigenvalue weighted by Gasteiger charge is -2.34. The maximum absolute atomic E-state index is 12.3. The zero-order chi connectivity index (χ0) is 13.0. The van der Waals surface area contributed by atoms with Crippen LogP contribution in [-0.4, -0.2) is 17.6 Å². The Bertz CT molecular complexity index is 408. The van der Waals surface area contributed by atoms with Crippen LogP contribution in [0.2, 0.25) is 0 Å². The highest BCUT2D eigenvalue weighted by Crippen LogP contribution is 2.35. The van der Waals surface area contributed by atoms with Gasteiger partial charge in [-0.3, -0.25) is 4.79 Å². The summed E-state index contributed by atoms with van der Waals surface area (Å²) in [5, 5.41) is 6.79. The molecule has 0 aliphatic heterocycles. The molecular weight excluding hydrogens is 230 g/mol. The normalized spacial score (nSPS) is 18.6. The van der Waals surface area contributed by atoms with Crippen LogP contribution in [0.25, 0.3) is 0 Å². The first-order chi connectivity index (χ1) is 8.66. The SMILES string of the molecule is Cc1cc(CNC(=O)C2(CN)CCCCC2)no1. The molecule has 1 fully saturated rings. The largest absolute Gasteiger partial charge is 0.361 e. The summed E-state index contributed by atoms with van der Waals surface area (Å²) in [5.74, 6) is 0.816. The standard InChI is InChI=1S/C13H21N3O2/c1-10-7-11(16-18-10)8-15-12(17)13(9-14)5-3-2-4-6-13/h7H,2-6,8-9,14H2,1H3,(H,15,17). The molecular formula is C13H21N3O2. The van der Waals surface area contributed by atoms with E-state index < -0.39 is 0 Å². The maximum atomic E-state index is 12.3. The summed E-state index contributed by atoms with van der Waals surface area (Å²) in [7, 11) is 0. The van der Waals surface area contributed by atoms with E-state index in [1.807, 2.05) is 13.0 Å². The first kappa shape index (κ1) is 13.1. The minimum absolute atomic E-state index is 0.0605. The molecule has 1 aromatic rings. The van der Waals surface area contributed by atoms with Crippen LogP contribution in [0.5, 0.6) is 0 Å². The number of rotatable bonds is 4. The lowest BCUT2D eigenvalue weighted by molar-refractivity contribution is -0.132. The van der Waals surface area contributed by atoms with Gasteiger partial charge < -0.3 is 15.6 Å². The number of nitrogens with one attached hydrogen (secondary N) is 1. The van der Waals surface area contributed by atoms with Gasteiger partial charge in [0.15, 0.2) is 0 Å². The lowest BCUT2D eigenvalue weighted by Crippen LogP contribution is -2.46. The van der Waals surface area contributed by atoms with Crippen molar-refractivity contribution in [2.45, 2.75) is 45.6 Å². The highest BCUT2D eigenvalue weighted by atomic mass is 16.5. The number of hydrogen-bond donors (Lipinski definition) is 2. The van der Waals surface area contributed by atoms with Crippen LogP contribution in [0.15, 0.2) is 10.6 Å². The van der Waals surface area contributed by atoms with Crippen molar-refractivity contribution >= 4 is 5.91 Å². The predicted octanol–water partition coefficient (Wildman–Crippen LogP) is 1.51.